The Bertz CT molecular complexity index is 826. The molecule has 0 bridgehead atoms. The quantitative estimate of drug-likeness (QED) is 0.758. The topological polar surface area (TPSA) is 78.9 Å². The van der Waals surface area contributed by atoms with Gasteiger partial charge in [-0.25, -0.2) is 14.8 Å². The Morgan fingerprint density at radius 1 is 1.35 bits per heavy atom. The molecule has 3 aromatic rings. The molecule has 0 atom stereocenters. The summed E-state index contributed by atoms with van der Waals surface area (Å²) in [6.07, 6.45) is 1.43. The number of benzene rings is 1. The van der Waals surface area contributed by atoms with Crippen LogP contribution in [0, 0.1) is 6.92 Å². The van der Waals surface area contributed by atoms with Crippen molar-refractivity contribution in [1.29, 1.82) is 0 Å². The van der Waals surface area contributed by atoms with Gasteiger partial charge in [-0.15, -0.1) is 0 Å². The first-order valence-electron chi connectivity index (χ1n) is 5.91. The SMILES string of the molecule is Cc1ccc(Cl)cc1-c1nc2nccc(C(=O)O)c2[nH]1. The average Bonchev–Trinajstić information content (AvgIpc) is 2.84. The highest BCUT2D eigenvalue weighted by Crippen LogP contribution is 2.26. The predicted molar refractivity (Wildman–Crippen MR) is 76.0 cm³/mol. The number of H-pyrrole nitrogens is 1. The van der Waals surface area contributed by atoms with E-state index in [-0.39, 0.29) is 5.56 Å². The van der Waals surface area contributed by atoms with Gasteiger partial charge in [0.25, 0.3) is 0 Å². The van der Waals surface area contributed by atoms with Crippen LogP contribution in [0.1, 0.15) is 15.9 Å². The third kappa shape index (κ3) is 2.02. The zero-order chi connectivity index (χ0) is 14.3. The summed E-state index contributed by atoms with van der Waals surface area (Å²) in [7, 11) is 0. The van der Waals surface area contributed by atoms with Crippen LogP contribution in [0.4, 0.5) is 0 Å². The number of aromatic nitrogens is 3. The van der Waals surface area contributed by atoms with Gasteiger partial charge < -0.3 is 10.1 Å². The Morgan fingerprint density at radius 2 is 2.15 bits per heavy atom. The number of aromatic carboxylic acids is 1. The van der Waals surface area contributed by atoms with Crippen LogP contribution >= 0.6 is 11.6 Å². The summed E-state index contributed by atoms with van der Waals surface area (Å²) in [6, 6.07) is 6.91. The van der Waals surface area contributed by atoms with E-state index in [0.29, 0.717) is 22.0 Å². The standard InChI is InChI=1S/C14H10ClN3O2/c1-7-2-3-8(15)6-10(7)12-17-11-9(14(19)20)4-5-16-13(11)18-12/h2-6H,1H3,(H,19,20)(H,16,17,18). The minimum Gasteiger partial charge on any atom is -0.478 e. The van der Waals surface area contributed by atoms with Crippen molar-refractivity contribution in [3.05, 3.63) is 46.6 Å². The van der Waals surface area contributed by atoms with Crippen molar-refractivity contribution in [2.75, 3.05) is 0 Å². The normalized spacial score (nSPS) is 10.9. The van der Waals surface area contributed by atoms with Crippen molar-refractivity contribution in [3.63, 3.8) is 0 Å². The molecule has 2 N–H and O–H groups in total. The molecule has 2 aromatic heterocycles. The number of nitrogens with one attached hydrogen (secondary N) is 1. The molecule has 0 amide bonds. The molecule has 2 heterocycles. The minimum absolute atomic E-state index is 0.147. The number of imidazole rings is 1. The van der Waals surface area contributed by atoms with Gasteiger partial charge in [0.05, 0.1) is 11.1 Å². The Hall–Kier alpha value is -2.40. The smallest absolute Gasteiger partial charge is 0.338 e. The largest absolute Gasteiger partial charge is 0.478 e. The van der Waals surface area contributed by atoms with E-state index in [1.54, 1.807) is 12.1 Å². The van der Waals surface area contributed by atoms with E-state index in [1.165, 1.54) is 12.3 Å². The second-order valence-corrected chi connectivity index (χ2v) is 4.84. The molecule has 5 nitrogen and oxygen atoms in total. The molecule has 0 aliphatic rings. The number of hydrogen-bond acceptors (Lipinski definition) is 3. The predicted octanol–water partition coefficient (Wildman–Crippen LogP) is 3.28. The zero-order valence-corrected chi connectivity index (χ0v) is 11.3. The van der Waals surface area contributed by atoms with E-state index < -0.39 is 5.97 Å². The first kappa shape index (κ1) is 12.6. The molecule has 0 saturated carbocycles. The number of halogens is 1. The number of carboxylic acid groups (broad SMARTS) is 1. The maximum absolute atomic E-state index is 11.2. The Morgan fingerprint density at radius 3 is 2.90 bits per heavy atom. The molecule has 3 rings (SSSR count). The summed E-state index contributed by atoms with van der Waals surface area (Å²) in [6.45, 7) is 1.93. The second-order valence-electron chi connectivity index (χ2n) is 4.41. The van der Waals surface area contributed by atoms with Gasteiger partial charge in [0.2, 0.25) is 0 Å². The lowest BCUT2D eigenvalue weighted by Gasteiger charge is -2.02. The third-order valence-corrected chi connectivity index (χ3v) is 3.31. The summed E-state index contributed by atoms with van der Waals surface area (Å²) in [5.41, 5.74) is 2.75. The van der Waals surface area contributed by atoms with Gasteiger partial charge in [-0.05, 0) is 30.7 Å². The number of fused-ring (bicyclic) bond motifs is 1. The summed E-state index contributed by atoms with van der Waals surface area (Å²) < 4.78 is 0. The zero-order valence-electron chi connectivity index (χ0n) is 10.5. The molecule has 0 aliphatic carbocycles. The van der Waals surface area contributed by atoms with Crippen LogP contribution in [-0.2, 0) is 0 Å². The summed E-state index contributed by atoms with van der Waals surface area (Å²) >= 11 is 6.00. The van der Waals surface area contributed by atoms with E-state index in [2.05, 4.69) is 15.0 Å². The number of aryl methyl sites for hydroxylation is 1. The molecule has 0 saturated heterocycles. The number of pyridine rings is 1. The monoisotopic (exact) mass is 287 g/mol. The summed E-state index contributed by atoms with van der Waals surface area (Å²) in [4.78, 5) is 22.6. The molecule has 0 fully saturated rings. The minimum atomic E-state index is -1.02. The Balaban J connectivity index is 2.26. The van der Waals surface area contributed by atoms with E-state index in [0.717, 1.165) is 11.1 Å². The van der Waals surface area contributed by atoms with E-state index in [4.69, 9.17) is 16.7 Å². The van der Waals surface area contributed by atoms with Crippen molar-refractivity contribution in [1.82, 2.24) is 15.0 Å². The highest BCUT2D eigenvalue weighted by molar-refractivity contribution is 6.30. The van der Waals surface area contributed by atoms with Crippen molar-refractivity contribution < 1.29 is 9.90 Å². The van der Waals surface area contributed by atoms with Crippen LogP contribution in [0.5, 0.6) is 0 Å². The molecular formula is C14H10ClN3O2. The van der Waals surface area contributed by atoms with Crippen LogP contribution in [0.3, 0.4) is 0 Å². The number of nitrogens with zero attached hydrogens (tertiary/aromatic N) is 2. The van der Waals surface area contributed by atoms with Crippen LogP contribution in [0.15, 0.2) is 30.5 Å². The number of aromatic amines is 1. The molecule has 6 heteroatoms. The lowest BCUT2D eigenvalue weighted by Crippen LogP contribution is -1.97. The van der Waals surface area contributed by atoms with Crippen molar-refractivity contribution in [3.8, 4) is 11.4 Å². The molecule has 0 unspecified atom stereocenters. The van der Waals surface area contributed by atoms with Gasteiger partial charge in [-0.1, -0.05) is 17.7 Å². The average molecular weight is 288 g/mol. The molecule has 0 radical (unpaired) electrons. The van der Waals surface area contributed by atoms with Crippen LogP contribution in [0.2, 0.25) is 5.02 Å². The fraction of sp³-hybridized carbons (Fsp3) is 0.0714. The number of rotatable bonds is 2. The molecule has 100 valence electrons. The second kappa shape index (κ2) is 4.61. The van der Waals surface area contributed by atoms with Gasteiger partial charge in [0, 0.05) is 16.8 Å². The lowest BCUT2D eigenvalue weighted by atomic mass is 10.1. The summed E-state index contributed by atoms with van der Waals surface area (Å²) in [5.74, 6) is -0.461. The van der Waals surface area contributed by atoms with Gasteiger partial charge >= 0.3 is 5.97 Å². The summed E-state index contributed by atoms with van der Waals surface area (Å²) in [5, 5.41) is 9.76. The molecule has 0 spiro atoms. The number of carboxylic acids is 1. The molecule has 0 aliphatic heterocycles. The first-order valence-corrected chi connectivity index (χ1v) is 6.28. The Labute approximate surface area is 119 Å². The maximum atomic E-state index is 11.2. The highest BCUT2D eigenvalue weighted by Gasteiger charge is 2.15. The van der Waals surface area contributed by atoms with Crippen molar-refractivity contribution in [2.24, 2.45) is 0 Å². The maximum Gasteiger partial charge on any atom is 0.338 e. The van der Waals surface area contributed by atoms with Gasteiger partial charge in [-0.3, -0.25) is 0 Å². The van der Waals surface area contributed by atoms with E-state index in [1.807, 2.05) is 13.0 Å². The van der Waals surface area contributed by atoms with Gasteiger partial charge in [0.15, 0.2) is 5.65 Å². The number of hydrogen-bond donors (Lipinski definition) is 2. The molecular weight excluding hydrogens is 278 g/mol. The molecule has 1 aromatic carbocycles. The molecule has 20 heavy (non-hydrogen) atoms. The van der Waals surface area contributed by atoms with Crippen molar-refractivity contribution in [2.45, 2.75) is 6.92 Å². The van der Waals surface area contributed by atoms with E-state index >= 15 is 0 Å². The van der Waals surface area contributed by atoms with E-state index in [9.17, 15) is 4.79 Å². The third-order valence-electron chi connectivity index (χ3n) is 3.08. The van der Waals surface area contributed by atoms with Gasteiger partial charge in [-0.2, -0.15) is 0 Å². The lowest BCUT2D eigenvalue weighted by molar-refractivity contribution is 0.0699. The van der Waals surface area contributed by atoms with Crippen LogP contribution in [-0.4, -0.2) is 26.0 Å². The van der Waals surface area contributed by atoms with Crippen molar-refractivity contribution >= 4 is 28.7 Å². The van der Waals surface area contributed by atoms with Crippen LogP contribution in [0.25, 0.3) is 22.6 Å². The first-order chi connectivity index (χ1) is 9.56. The fourth-order valence-corrected chi connectivity index (χ4v) is 2.24. The number of carbonyl (C=O) groups is 1. The van der Waals surface area contributed by atoms with Crippen LogP contribution < -0.4 is 0 Å². The Kier molecular flexibility index (Phi) is 2.91. The fourth-order valence-electron chi connectivity index (χ4n) is 2.07. The van der Waals surface area contributed by atoms with Gasteiger partial charge in [0.1, 0.15) is 5.82 Å². The highest BCUT2D eigenvalue weighted by atomic mass is 35.5.